The lowest BCUT2D eigenvalue weighted by atomic mass is 9.71. The molecular weight excluding hydrogens is 164 g/mol. The molecule has 13 heavy (non-hydrogen) atoms. The summed E-state index contributed by atoms with van der Waals surface area (Å²) in [4.78, 5) is 5.14. The molecule has 4 unspecified atom stereocenters. The molecule has 0 bridgehead atoms. The number of fused-ring (bicyclic) bond motifs is 3. The van der Waals surface area contributed by atoms with Gasteiger partial charge in [-0.05, 0) is 43.8 Å². The largest absolute Gasteiger partial charge is 0.417 e. The van der Waals surface area contributed by atoms with Crippen molar-refractivity contribution in [2.45, 2.75) is 18.9 Å². The van der Waals surface area contributed by atoms with Crippen LogP contribution in [0, 0.1) is 17.8 Å². The van der Waals surface area contributed by atoms with Crippen LogP contribution in [0.1, 0.15) is 12.8 Å². The molecule has 0 aromatic heterocycles. The van der Waals surface area contributed by atoms with Gasteiger partial charge in [0.25, 0.3) is 0 Å². The maximum absolute atomic E-state index is 5.14. The summed E-state index contributed by atoms with van der Waals surface area (Å²) in [5.74, 6) is 2.44. The second kappa shape index (κ2) is 3.00. The molecule has 3 nitrogen and oxygen atoms in total. The van der Waals surface area contributed by atoms with E-state index in [1.165, 1.54) is 25.9 Å². The average Bonchev–Trinajstić information content (AvgIpc) is 2.65. The van der Waals surface area contributed by atoms with Gasteiger partial charge in [-0.25, -0.2) is 0 Å². The second-order valence-corrected chi connectivity index (χ2v) is 4.41. The summed E-state index contributed by atoms with van der Waals surface area (Å²) in [5, 5.41) is 3.49. The lowest BCUT2D eigenvalue weighted by Gasteiger charge is -2.39. The van der Waals surface area contributed by atoms with Crippen molar-refractivity contribution in [1.82, 2.24) is 10.8 Å². The van der Waals surface area contributed by atoms with Crippen LogP contribution in [0.25, 0.3) is 0 Å². The van der Waals surface area contributed by atoms with Crippen LogP contribution in [0.4, 0.5) is 0 Å². The molecule has 0 aromatic rings. The smallest absolute Gasteiger partial charge is 0.107 e. The van der Waals surface area contributed by atoms with Gasteiger partial charge in [-0.1, -0.05) is 0 Å². The Labute approximate surface area is 78.5 Å². The summed E-state index contributed by atoms with van der Waals surface area (Å²) in [6.45, 7) is 2.42. The topological polar surface area (TPSA) is 33.3 Å². The first-order valence-corrected chi connectivity index (χ1v) is 5.24. The van der Waals surface area contributed by atoms with E-state index < -0.39 is 0 Å². The minimum atomic E-state index is 0.561. The van der Waals surface area contributed by atoms with Crippen molar-refractivity contribution in [3.05, 3.63) is 12.3 Å². The number of hydroxylamine groups is 1. The van der Waals surface area contributed by atoms with Gasteiger partial charge in [0, 0.05) is 12.0 Å². The van der Waals surface area contributed by atoms with Crippen molar-refractivity contribution >= 4 is 0 Å². The van der Waals surface area contributed by atoms with Crippen LogP contribution >= 0.6 is 0 Å². The summed E-state index contributed by atoms with van der Waals surface area (Å²) in [6.07, 6.45) is 6.66. The second-order valence-electron chi connectivity index (χ2n) is 4.41. The highest BCUT2D eigenvalue weighted by atomic mass is 16.6. The molecule has 0 spiro atoms. The van der Waals surface area contributed by atoms with Crippen LogP contribution in [0.3, 0.4) is 0 Å². The molecule has 2 fully saturated rings. The van der Waals surface area contributed by atoms with E-state index in [2.05, 4.69) is 16.9 Å². The molecule has 3 aliphatic rings. The van der Waals surface area contributed by atoms with Gasteiger partial charge in [-0.2, -0.15) is 5.48 Å². The molecule has 1 aliphatic carbocycles. The molecule has 0 radical (unpaired) electrons. The van der Waals surface area contributed by atoms with E-state index in [1.807, 2.05) is 6.26 Å². The lowest BCUT2D eigenvalue weighted by Crippen LogP contribution is -2.46. The Hall–Kier alpha value is -0.540. The van der Waals surface area contributed by atoms with Gasteiger partial charge < -0.3 is 10.2 Å². The molecule has 2 heterocycles. The summed E-state index contributed by atoms with van der Waals surface area (Å²) < 4.78 is 0. The van der Waals surface area contributed by atoms with E-state index in [1.54, 1.807) is 0 Å². The van der Waals surface area contributed by atoms with Crippen LogP contribution < -0.4 is 10.8 Å². The first-order chi connectivity index (χ1) is 6.45. The maximum atomic E-state index is 5.14. The first kappa shape index (κ1) is 7.83. The molecule has 72 valence electrons. The van der Waals surface area contributed by atoms with E-state index in [0.29, 0.717) is 12.0 Å². The van der Waals surface area contributed by atoms with E-state index in [9.17, 15) is 0 Å². The van der Waals surface area contributed by atoms with Gasteiger partial charge >= 0.3 is 0 Å². The molecular formula is C10H16N2O. The highest BCUT2D eigenvalue weighted by molar-refractivity contribution is 5.04. The molecule has 1 saturated carbocycles. The normalized spacial score (nSPS) is 48.0. The Morgan fingerprint density at radius 2 is 2.23 bits per heavy atom. The fourth-order valence-electron chi connectivity index (χ4n) is 3.08. The number of hydrogen-bond donors (Lipinski definition) is 2. The zero-order valence-electron chi connectivity index (χ0n) is 7.70. The molecule has 2 aliphatic heterocycles. The fourth-order valence-corrected chi connectivity index (χ4v) is 3.08. The Kier molecular flexibility index (Phi) is 1.80. The fraction of sp³-hybridized carbons (Fsp3) is 0.800. The molecule has 3 heteroatoms. The summed E-state index contributed by atoms with van der Waals surface area (Å²) >= 11 is 0. The van der Waals surface area contributed by atoms with Crippen molar-refractivity contribution in [1.29, 1.82) is 0 Å². The van der Waals surface area contributed by atoms with Crippen molar-refractivity contribution in [2.75, 3.05) is 13.1 Å². The molecule has 4 atom stereocenters. The van der Waals surface area contributed by atoms with Crippen LogP contribution in [0.5, 0.6) is 0 Å². The Morgan fingerprint density at radius 1 is 1.23 bits per heavy atom. The van der Waals surface area contributed by atoms with Crippen molar-refractivity contribution in [3.63, 3.8) is 0 Å². The average molecular weight is 180 g/mol. The Morgan fingerprint density at radius 3 is 3.23 bits per heavy atom. The Bertz CT molecular complexity index is 229. The standard InChI is InChI=1S/C10H16N2O/c1-2-10-8(3-4-13-12-10)9-6-11-5-7(1)9/h3-4,7-12H,1-2,5-6H2. The number of rotatable bonds is 0. The van der Waals surface area contributed by atoms with Crippen molar-refractivity contribution in [2.24, 2.45) is 17.8 Å². The zero-order valence-corrected chi connectivity index (χ0v) is 7.70. The van der Waals surface area contributed by atoms with Crippen molar-refractivity contribution < 1.29 is 4.84 Å². The van der Waals surface area contributed by atoms with Gasteiger partial charge in [-0.15, -0.1) is 0 Å². The van der Waals surface area contributed by atoms with Gasteiger partial charge in [0.1, 0.15) is 6.26 Å². The van der Waals surface area contributed by atoms with E-state index in [-0.39, 0.29) is 0 Å². The van der Waals surface area contributed by atoms with Gasteiger partial charge in [0.2, 0.25) is 0 Å². The van der Waals surface area contributed by atoms with Gasteiger partial charge in [-0.3, -0.25) is 0 Å². The predicted molar refractivity (Wildman–Crippen MR) is 49.7 cm³/mol. The monoisotopic (exact) mass is 180 g/mol. The van der Waals surface area contributed by atoms with Gasteiger partial charge in [0.15, 0.2) is 0 Å². The van der Waals surface area contributed by atoms with Crippen LogP contribution in [0.2, 0.25) is 0 Å². The number of nitrogens with one attached hydrogen (secondary N) is 2. The summed E-state index contributed by atoms with van der Waals surface area (Å²) in [5.41, 5.74) is 3.12. The zero-order chi connectivity index (χ0) is 8.67. The summed E-state index contributed by atoms with van der Waals surface area (Å²) in [6, 6.07) is 0.561. The van der Waals surface area contributed by atoms with Crippen LogP contribution in [-0.4, -0.2) is 19.1 Å². The highest BCUT2D eigenvalue weighted by Crippen LogP contribution is 2.38. The third kappa shape index (κ3) is 1.18. The molecule has 1 saturated heterocycles. The van der Waals surface area contributed by atoms with E-state index in [4.69, 9.17) is 4.84 Å². The van der Waals surface area contributed by atoms with Crippen molar-refractivity contribution in [3.8, 4) is 0 Å². The lowest BCUT2D eigenvalue weighted by molar-refractivity contribution is 0.0227. The minimum absolute atomic E-state index is 0.561. The van der Waals surface area contributed by atoms with Crippen LogP contribution in [-0.2, 0) is 4.84 Å². The Balaban J connectivity index is 1.84. The predicted octanol–water partition coefficient (Wildman–Crippen LogP) is 0.649. The van der Waals surface area contributed by atoms with Gasteiger partial charge in [0.05, 0.1) is 0 Å². The third-order valence-electron chi connectivity index (χ3n) is 3.79. The minimum Gasteiger partial charge on any atom is -0.417 e. The maximum Gasteiger partial charge on any atom is 0.107 e. The molecule has 3 rings (SSSR count). The van der Waals surface area contributed by atoms with E-state index >= 15 is 0 Å². The van der Waals surface area contributed by atoms with Crippen LogP contribution in [0.15, 0.2) is 12.3 Å². The molecule has 0 amide bonds. The summed E-state index contributed by atoms with van der Waals surface area (Å²) in [7, 11) is 0. The van der Waals surface area contributed by atoms with E-state index in [0.717, 1.165) is 11.8 Å². The number of hydrogen-bond acceptors (Lipinski definition) is 3. The first-order valence-electron chi connectivity index (χ1n) is 5.24. The molecule has 2 N–H and O–H groups in total. The highest BCUT2D eigenvalue weighted by Gasteiger charge is 2.41. The quantitative estimate of drug-likeness (QED) is 0.574. The third-order valence-corrected chi connectivity index (χ3v) is 3.79. The SMILES string of the molecule is C1=CC2C(CCC3CNCC32)NO1. The molecule has 0 aromatic carbocycles.